The van der Waals surface area contributed by atoms with Crippen molar-refractivity contribution in [2.45, 2.75) is 0 Å². The van der Waals surface area contributed by atoms with Crippen LogP contribution in [-0.2, 0) is 0 Å². The summed E-state index contributed by atoms with van der Waals surface area (Å²) in [7, 11) is 0. The molecule has 0 spiro atoms. The minimum Gasteiger partial charge on any atom is -0.305 e. The van der Waals surface area contributed by atoms with Crippen LogP contribution in [0.1, 0.15) is 0 Å². The zero-order chi connectivity index (χ0) is 33.9. The molecule has 0 amide bonds. The summed E-state index contributed by atoms with van der Waals surface area (Å²) in [5, 5.41) is 7.42. The van der Waals surface area contributed by atoms with Gasteiger partial charge in [-0.15, -0.1) is 0 Å². The third-order valence-corrected chi connectivity index (χ3v) is 9.40. The maximum atomic E-state index is 15.5. The predicted molar refractivity (Wildman–Crippen MR) is 197 cm³/mol. The van der Waals surface area contributed by atoms with Crippen LogP contribution in [0.15, 0.2) is 158 Å². The van der Waals surface area contributed by atoms with Crippen molar-refractivity contribution in [1.82, 2.24) is 0 Å². The summed E-state index contributed by atoms with van der Waals surface area (Å²) < 4.78 is 61.9. The molecule has 0 radical (unpaired) electrons. The lowest BCUT2D eigenvalue weighted by atomic mass is 9.88. The lowest BCUT2D eigenvalue weighted by molar-refractivity contribution is 0.619. The predicted octanol–water partition coefficient (Wildman–Crippen LogP) is 13.2. The molecular formula is C44H26F4N2. The fourth-order valence-corrected chi connectivity index (χ4v) is 7.28. The van der Waals surface area contributed by atoms with Gasteiger partial charge in [-0.3, -0.25) is 0 Å². The monoisotopic (exact) mass is 658 g/mol. The van der Waals surface area contributed by atoms with Crippen LogP contribution in [0.2, 0.25) is 0 Å². The Morgan fingerprint density at radius 1 is 0.300 bits per heavy atom. The summed E-state index contributed by atoms with van der Waals surface area (Å²) >= 11 is 0. The number of rotatable bonds is 6. The molecule has 0 aliphatic heterocycles. The van der Waals surface area contributed by atoms with Crippen molar-refractivity contribution in [2.24, 2.45) is 0 Å². The molecule has 0 heterocycles. The van der Waals surface area contributed by atoms with E-state index in [9.17, 15) is 0 Å². The molecule has 50 heavy (non-hydrogen) atoms. The molecule has 9 aromatic carbocycles. The molecule has 0 N–H and O–H groups in total. The van der Waals surface area contributed by atoms with Crippen molar-refractivity contribution in [3.8, 4) is 0 Å². The molecule has 0 bridgehead atoms. The van der Waals surface area contributed by atoms with Crippen molar-refractivity contribution in [1.29, 1.82) is 0 Å². The largest absolute Gasteiger partial charge is 0.305 e. The van der Waals surface area contributed by atoms with Crippen molar-refractivity contribution >= 4 is 77.2 Å². The SMILES string of the molecule is Fc1ccccc1N(c1cc2ccc3cc(N(c4ccccc4F)c4ccccc4F)cc4c5ccccc5c(c1)c2c34)c1ccccc1F. The standard InChI is InChI=1S/C44H26F4N2/c45-35-13-3-7-17-39(35)49(40-18-8-4-14-36(40)46)29-23-27-21-22-28-24-30(26-34-32-12-2-1-11-31(32)33(25-29)43(27)44(28)34)50(41-19-9-5-15-37(41)47)42-20-10-6-16-38(42)48/h1-26H. The number of nitrogens with zero attached hydrogens (tertiary/aromatic N) is 2. The normalized spacial score (nSPS) is 11.6. The van der Waals surface area contributed by atoms with E-state index in [1.165, 1.54) is 24.3 Å². The first-order chi connectivity index (χ1) is 24.5. The number of hydrogen-bond donors (Lipinski definition) is 0. The molecule has 6 heteroatoms. The number of para-hydroxylation sites is 4. The van der Waals surface area contributed by atoms with E-state index < -0.39 is 23.3 Å². The van der Waals surface area contributed by atoms with Gasteiger partial charge < -0.3 is 9.80 Å². The second-order valence-electron chi connectivity index (χ2n) is 12.3. The molecule has 240 valence electrons. The summed E-state index contributed by atoms with van der Waals surface area (Å²) in [6, 6.07) is 45.3. The van der Waals surface area contributed by atoms with E-state index >= 15 is 17.6 Å². The Hall–Kier alpha value is -6.40. The number of anilines is 6. The van der Waals surface area contributed by atoms with Gasteiger partial charge in [0, 0.05) is 11.4 Å². The van der Waals surface area contributed by atoms with Crippen LogP contribution < -0.4 is 9.80 Å². The number of fused-ring (bicyclic) bond motifs is 3. The van der Waals surface area contributed by atoms with Gasteiger partial charge in [-0.05, 0) is 116 Å². The lowest BCUT2D eigenvalue weighted by Crippen LogP contribution is -2.13. The molecule has 0 aliphatic carbocycles. The van der Waals surface area contributed by atoms with Crippen LogP contribution in [0.25, 0.3) is 43.1 Å². The first-order valence-corrected chi connectivity index (χ1v) is 16.2. The quantitative estimate of drug-likeness (QED) is 0.0997. The molecule has 9 aromatic rings. The van der Waals surface area contributed by atoms with Gasteiger partial charge in [0.2, 0.25) is 0 Å². The number of halogens is 4. The maximum Gasteiger partial charge on any atom is 0.147 e. The lowest BCUT2D eigenvalue weighted by Gasteiger charge is -2.28. The molecule has 0 aliphatic rings. The van der Waals surface area contributed by atoms with E-state index in [1.807, 2.05) is 60.7 Å². The van der Waals surface area contributed by atoms with Gasteiger partial charge in [-0.25, -0.2) is 17.6 Å². The highest BCUT2D eigenvalue weighted by Crippen LogP contribution is 2.48. The van der Waals surface area contributed by atoms with Crippen LogP contribution >= 0.6 is 0 Å². The third kappa shape index (κ3) is 4.64. The average molecular weight is 659 g/mol. The van der Waals surface area contributed by atoms with Gasteiger partial charge >= 0.3 is 0 Å². The minimum absolute atomic E-state index is 0.223. The molecule has 0 aromatic heterocycles. The molecular weight excluding hydrogens is 632 g/mol. The van der Waals surface area contributed by atoms with Gasteiger partial charge in [0.25, 0.3) is 0 Å². The van der Waals surface area contributed by atoms with Crippen LogP contribution in [0, 0.1) is 23.3 Å². The molecule has 0 unspecified atom stereocenters. The molecule has 9 rings (SSSR count). The Morgan fingerprint density at radius 2 is 0.600 bits per heavy atom. The van der Waals surface area contributed by atoms with Crippen LogP contribution in [0.4, 0.5) is 51.7 Å². The van der Waals surface area contributed by atoms with Crippen LogP contribution in [0.3, 0.4) is 0 Å². The van der Waals surface area contributed by atoms with Crippen molar-refractivity contribution in [3.63, 3.8) is 0 Å². The zero-order valence-corrected chi connectivity index (χ0v) is 26.4. The highest BCUT2D eigenvalue weighted by molar-refractivity contribution is 6.34. The first-order valence-electron chi connectivity index (χ1n) is 16.2. The van der Waals surface area contributed by atoms with Crippen molar-refractivity contribution < 1.29 is 17.6 Å². The van der Waals surface area contributed by atoms with E-state index in [1.54, 1.807) is 82.6 Å². The zero-order valence-electron chi connectivity index (χ0n) is 26.4. The van der Waals surface area contributed by atoms with E-state index in [-0.39, 0.29) is 22.7 Å². The summed E-state index contributed by atoms with van der Waals surface area (Å²) in [4.78, 5) is 3.24. The molecule has 0 atom stereocenters. The minimum atomic E-state index is -0.479. The van der Waals surface area contributed by atoms with Gasteiger partial charge in [0.05, 0.1) is 22.7 Å². The Bertz CT molecular complexity index is 2460. The van der Waals surface area contributed by atoms with E-state index in [4.69, 9.17) is 0 Å². The van der Waals surface area contributed by atoms with Crippen molar-refractivity contribution in [3.05, 3.63) is 181 Å². The Kier molecular flexibility index (Phi) is 6.92. The average Bonchev–Trinajstić information content (AvgIpc) is 3.14. The van der Waals surface area contributed by atoms with Crippen LogP contribution in [-0.4, -0.2) is 0 Å². The van der Waals surface area contributed by atoms with Gasteiger partial charge in [0.1, 0.15) is 23.3 Å². The molecule has 0 fully saturated rings. The second kappa shape index (κ2) is 11.6. The van der Waals surface area contributed by atoms with Crippen molar-refractivity contribution in [2.75, 3.05) is 9.80 Å². The fraction of sp³-hybridized carbons (Fsp3) is 0. The van der Waals surface area contributed by atoms with Gasteiger partial charge in [-0.2, -0.15) is 0 Å². The number of hydrogen-bond acceptors (Lipinski definition) is 2. The highest BCUT2D eigenvalue weighted by Gasteiger charge is 2.24. The molecule has 0 saturated heterocycles. The first kappa shape index (κ1) is 29.7. The molecule has 2 nitrogen and oxygen atoms in total. The summed E-state index contributed by atoms with van der Waals surface area (Å²) in [5.41, 5.74) is 2.09. The number of benzene rings is 9. The Morgan fingerprint density at radius 3 is 0.920 bits per heavy atom. The van der Waals surface area contributed by atoms with Crippen LogP contribution in [0.5, 0.6) is 0 Å². The Balaban J connectivity index is 1.35. The van der Waals surface area contributed by atoms with Gasteiger partial charge in [-0.1, -0.05) is 84.9 Å². The summed E-state index contributed by atoms with van der Waals surface area (Å²) in [5.74, 6) is -1.92. The molecule has 0 saturated carbocycles. The summed E-state index contributed by atoms with van der Waals surface area (Å²) in [6.07, 6.45) is 0. The maximum absolute atomic E-state index is 15.5. The fourth-order valence-electron chi connectivity index (χ4n) is 7.28. The second-order valence-corrected chi connectivity index (χ2v) is 12.3. The third-order valence-electron chi connectivity index (χ3n) is 9.40. The smallest absolute Gasteiger partial charge is 0.147 e. The topological polar surface area (TPSA) is 6.48 Å². The van der Waals surface area contributed by atoms with E-state index in [2.05, 4.69) is 0 Å². The van der Waals surface area contributed by atoms with E-state index in [0.717, 1.165) is 43.1 Å². The highest BCUT2D eigenvalue weighted by atomic mass is 19.1. The Labute approximate surface area is 285 Å². The van der Waals surface area contributed by atoms with Gasteiger partial charge in [0.15, 0.2) is 0 Å². The summed E-state index contributed by atoms with van der Waals surface area (Å²) in [6.45, 7) is 0. The van der Waals surface area contributed by atoms with E-state index in [0.29, 0.717) is 11.4 Å².